The quantitative estimate of drug-likeness (QED) is 0.886. The van der Waals surface area contributed by atoms with Gasteiger partial charge in [0.2, 0.25) is 0 Å². The van der Waals surface area contributed by atoms with Gasteiger partial charge in [-0.1, -0.05) is 11.6 Å². The van der Waals surface area contributed by atoms with Crippen LogP contribution in [-0.2, 0) is 6.54 Å². The Labute approximate surface area is 100 Å². The van der Waals surface area contributed by atoms with Crippen molar-refractivity contribution in [1.82, 2.24) is 4.90 Å². The van der Waals surface area contributed by atoms with Crippen LogP contribution in [0, 0.1) is 5.92 Å². The van der Waals surface area contributed by atoms with Crippen LogP contribution in [0.3, 0.4) is 0 Å². The van der Waals surface area contributed by atoms with Crippen molar-refractivity contribution < 1.29 is 0 Å². The minimum absolute atomic E-state index is 0.321. The van der Waals surface area contributed by atoms with Crippen LogP contribution < -0.4 is 5.73 Å². The number of hydrogen-bond acceptors (Lipinski definition) is 3. The lowest BCUT2D eigenvalue weighted by Crippen LogP contribution is -2.29. The number of halogens is 1. The Morgan fingerprint density at radius 1 is 1.73 bits per heavy atom. The van der Waals surface area contributed by atoms with E-state index in [4.69, 9.17) is 17.3 Å². The van der Waals surface area contributed by atoms with E-state index in [9.17, 15) is 0 Å². The van der Waals surface area contributed by atoms with Crippen molar-refractivity contribution in [3.8, 4) is 0 Å². The van der Waals surface area contributed by atoms with Gasteiger partial charge in [0.15, 0.2) is 0 Å². The highest BCUT2D eigenvalue weighted by Crippen LogP contribution is 2.24. The lowest BCUT2D eigenvalue weighted by Gasteiger charge is -2.16. The van der Waals surface area contributed by atoms with Gasteiger partial charge in [-0.2, -0.15) is 0 Å². The zero-order chi connectivity index (χ0) is 10.8. The molecule has 1 aliphatic heterocycles. The largest absolute Gasteiger partial charge is 0.328 e. The maximum atomic E-state index is 5.91. The molecule has 2 N–H and O–H groups in total. The van der Waals surface area contributed by atoms with Crippen molar-refractivity contribution in [3.63, 3.8) is 0 Å². The molecule has 0 spiro atoms. The maximum Gasteiger partial charge on any atom is 0.0516 e. The van der Waals surface area contributed by atoms with E-state index in [2.05, 4.69) is 17.9 Å². The van der Waals surface area contributed by atoms with Crippen molar-refractivity contribution >= 4 is 22.9 Å². The molecule has 2 nitrogen and oxygen atoms in total. The molecule has 0 radical (unpaired) electrons. The molecule has 2 rings (SSSR count). The van der Waals surface area contributed by atoms with Crippen molar-refractivity contribution in [2.24, 2.45) is 11.7 Å². The third-order valence-corrected chi connectivity index (χ3v) is 4.32. The summed E-state index contributed by atoms with van der Waals surface area (Å²) in [4.78, 5) is 3.82. The summed E-state index contributed by atoms with van der Waals surface area (Å²) < 4.78 is 0. The van der Waals surface area contributed by atoms with Crippen LogP contribution >= 0.6 is 22.9 Å². The molecular weight excluding hydrogens is 228 g/mol. The first-order valence-corrected chi connectivity index (χ1v) is 6.62. The number of thiophene rings is 1. The van der Waals surface area contributed by atoms with E-state index in [0.29, 0.717) is 12.0 Å². The second kappa shape index (κ2) is 4.83. The Kier molecular flexibility index (Phi) is 3.67. The molecule has 0 aromatic carbocycles. The Bertz CT molecular complexity index is 324. The van der Waals surface area contributed by atoms with Crippen LogP contribution in [0.25, 0.3) is 0 Å². The van der Waals surface area contributed by atoms with Gasteiger partial charge in [-0.15, -0.1) is 11.3 Å². The molecule has 1 saturated heterocycles. The lowest BCUT2D eigenvalue weighted by atomic mass is 10.0. The first kappa shape index (κ1) is 11.4. The van der Waals surface area contributed by atoms with Crippen molar-refractivity contribution in [3.05, 3.63) is 21.3 Å². The predicted molar refractivity (Wildman–Crippen MR) is 66.4 cm³/mol. The van der Waals surface area contributed by atoms with Gasteiger partial charge in [-0.05, 0) is 31.9 Å². The fourth-order valence-corrected chi connectivity index (χ4v) is 3.21. The van der Waals surface area contributed by atoms with Gasteiger partial charge >= 0.3 is 0 Å². The average Bonchev–Trinajstić information content (AvgIpc) is 2.76. The van der Waals surface area contributed by atoms with Gasteiger partial charge in [-0.3, -0.25) is 4.90 Å². The van der Waals surface area contributed by atoms with Crippen molar-refractivity contribution in [2.75, 3.05) is 13.1 Å². The summed E-state index contributed by atoms with van der Waals surface area (Å²) in [5.74, 6) is 0.667. The molecule has 1 fully saturated rings. The van der Waals surface area contributed by atoms with E-state index >= 15 is 0 Å². The summed E-state index contributed by atoms with van der Waals surface area (Å²) in [7, 11) is 0. The Hall–Kier alpha value is -0.0900. The van der Waals surface area contributed by atoms with Crippen molar-refractivity contribution in [1.29, 1.82) is 0 Å². The molecule has 2 atom stereocenters. The molecule has 1 aromatic heterocycles. The molecule has 0 amide bonds. The zero-order valence-electron chi connectivity index (χ0n) is 8.95. The van der Waals surface area contributed by atoms with Gasteiger partial charge < -0.3 is 5.73 Å². The first-order chi connectivity index (χ1) is 7.15. The molecule has 0 bridgehead atoms. The molecule has 15 heavy (non-hydrogen) atoms. The van der Waals surface area contributed by atoms with Crippen LogP contribution in [0.4, 0.5) is 0 Å². The molecule has 1 aromatic rings. The maximum absolute atomic E-state index is 5.91. The Morgan fingerprint density at radius 3 is 3.07 bits per heavy atom. The molecule has 1 aliphatic rings. The molecule has 84 valence electrons. The van der Waals surface area contributed by atoms with E-state index in [-0.39, 0.29) is 0 Å². The smallest absolute Gasteiger partial charge is 0.0516 e. The topological polar surface area (TPSA) is 29.3 Å². The molecular formula is C11H17ClN2S. The van der Waals surface area contributed by atoms with E-state index in [0.717, 1.165) is 18.1 Å². The molecule has 2 heterocycles. The molecule has 0 saturated carbocycles. The van der Waals surface area contributed by atoms with Crippen molar-refractivity contribution in [2.45, 2.75) is 25.9 Å². The van der Waals surface area contributed by atoms with Gasteiger partial charge in [0.1, 0.15) is 0 Å². The van der Waals surface area contributed by atoms with Gasteiger partial charge in [0.25, 0.3) is 0 Å². The fraction of sp³-hybridized carbons (Fsp3) is 0.636. The van der Waals surface area contributed by atoms with Crippen LogP contribution in [0.1, 0.15) is 18.2 Å². The minimum atomic E-state index is 0.321. The van der Waals surface area contributed by atoms with Crippen LogP contribution in [-0.4, -0.2) is 24.0 Å². The summed E-state index contributed by atoms with van der Waals surface area (Å²) in [6, 6.07) is 2.38. The molecule has 2 unspecified atom stereocenters. The van der Waals surface area contributed by atoms with E-state index in [1.165, 1.54) is 17.8 Å². The third kappa shape index (κ3) is 2.94. The SMILES string of the molecule is CC(N)C1CCN(Cc2cc(Cl)cs2)C1. The fourth-order valence-electron chi connectivity index (χ4n) is 2.09. The Balaban J connectivity index is 1.87. The van der Waals surface area contributed by atoms with E-state index < -0.39 is 0 Å². The number of likely N-dealkylation sites (tertiary alicyclic amines) is 1. The summed E-state index contributed by atoms with van der Waals surface area (Å²) in [6.07, 6.45) is 1.23. The van der Waals surface area contributed by atoms with Gasteiger partial charge in [0.05, 0.1) is 5.02 Å². The first-order valence-electron chi connectivity index (χ1n) is 5.36. The summed E-state index contributed by atoms with van der Waals surface area (Å²) in [5, 5.41) is 2.86. The average molecular weight is 245 g/mol. The monoisotopic (exact) mass is 244 g/mol. The minimum Gasteiger partial charge on any atom is -0.328 e. The number of rotatable bonds is 3. The lowest BCUT2D eigenvalue weighted by molar-refractivity contribution is 0.311. The van der Waals surface area contributed by atoms with Gasteiger partial charge in [-0.25, -0.2) is 0 Å². The highest BCUT2D eigenvalue weighted by molar-refractivity contribution is 7.10. The van der Waals surface area contributed by atoms with Crippen LogP contribution in [0.5, 0.6) is 0 Å². The summed E-state index contributed by atoms with van der Waals surface area (Å²) in [6.45, 7) is 5.44. The van der Waals surface area contributed by atoms with E-state index in [1.54, 1.807) is 11.3 Å². The van der Waals surface area contributed by atoms with Crippen LogP contribution in [0.2, 0.25) is 5.02 Å². The third-order valence-electron chi connectivity index (χ3n) is 3.05. The normalized spacial score (nSPS) is 24.6. The van der Waals surface area contributed by atoms with E-state index in [1.807, 2.05) is 5.38 Å². The number of nitrogens with zero attached hydrogens (tertiary/aromatic N) is 1. The highest BCUT2D eigenvalue weighted by Gasteiger charge is 2.25. The summed E-state index contributed by atoms with van der Waals surface area (Å²) >= 11 is 7.64. The number of hydrogen-bond donors (Lipinski definition) is 1. The summed E-state index contributed by atoms with van der Waals surface area (Å²) in [5.41, 5.74) is 5.91. The van der Waals surface area contributed by atoms with Gasteiger partial charge in [0, 0.05) is 29.4 Å². The highest BCUT2D eigenvalue weighted by atomic mass is 35.5. The Morgan fingerprint density at radius 2 is 2.53 bits per heavy atom. The predicted octanol–water partition coefficient (Wildman–Crippen LogP) is 2.57. The second-order valence-corrected chi connectivity index (χ2v) is 5.81. The number of nitrogens with two attached hydrogens (primary N) is 1. The molecule has 0 aliphatic carbocycles. The second-order valence-electron chi connectivity index (χ2n) is 4.37. The van der Waals surface area contributed by atoms with Crippen LogP contribution in [0.15, 0.2) is 11.4 Å². The molecule has 4 heteroatoms. The zero-order valence-corrected chi connectivity index (χ0v) is 10.5. The standard InChI is InChI=1S/C11H17ClN2S/c1-8(13)9-2-3-14(5-9)6-11-4-10(12)7-15-11/h4,7-9H,2-3,5-6,13H2,1H3.